The van der Waals surface area contributed by atoms with E-state index in [9.17, 15) is 8.42 Å². The van der Waals surface area contributed by atoms with Crippen LogP contribution < -0.4 is 5.32 Å². The summed E-state index contributed by atoms with van der Waals surface area (Å²) >= 11 is 6.09. The Kier molecular flexibility index (Phi) is 4.20. The van der Waals surface area contributed by atoms with Crippen LogP contribution in [0.4, 0.5) is 0 Å². The Hall–Kier alpha value is -1.44. The molecule has 1 unspecified atom stereocenters. The molecule has 6 nitrogen and oxygen atoms in total. The first-order valence-corrected chi connectivity index (χ1v) is 9.06. The van der Waals surface area contributed by atoms with E-state index in [1.807, 2.05) is 19.1 Å². The summed E-state index contributed by atoms with van der Waals surface area (Å²) in [5, 5.41) is 7.10. The van der Waals surface area contributed by atoms with Gasteiger partial charge in [0.05, 0.1) is 11.0 Å². The zero-order valence-corrected chi connectivity index (χ0v) is 13.6. The summed E-state index contributed by atoms with van der Waals surface area (Å²) < 4.78 is 29.2. The molecule has 1 N–H and O–H groups in total. The van der Waals surface area contributed by atoms with Crippen molar-refractivity contribution in [3.05, 3.63) is 34.7 Å². The average molecular weight is 342 g/mol. The van der Waals surface area contributed by atoms with E-state index in [4.69, 9.17) is 16.1 Å². The molecular weight excluding hydrogens is 326 g/mol. The number of aromatic nitrogens is 2. The Morgan fingerprint density at radius 3 is 3.00 bits per heavy atom. The van der Waals surface area contributed by atoms with Gasteiger partial charge in [0.1, 0.15) is 0 Å². The molecule has 1 fully saturated rings. The van der Waals surface area contributed by atoms with Crippen molar-refractivity contribution in [3.8, 4) is 11.4 Å². The van der Waals surface area contributed by atoms with Gasteiger partial charge < -0.3 is 9.84 Å². The van der Waals surface area contributed by atoms with Crippen molar-refractivity contribution in [1.29, 1.82) is 0 Å². The summed E-state index contributed by atoms with van der Waals surface area (Å²) in [6.07, 6.45) is 0.224. The van der Waals surface area contributed by atoms with Crippen molar-refractivity contribution in [1.82, 2.24) is 15.5 Å². The smallest absolute Gasteiger partial charge is 0.228 e. The number of sulfone groups is 1. The molecule has 8 heteroatoms. The van der Waals surface area contributed by atoms with E-state index in [1.54, 1.807) is 6.07 Å². The second-order valence-corrected chi connectivity index (χ2v) is 8.18. The van der Waals surface area contributed by atoms with Gasteiger partial charge in [0, 0.05) is 30.1 Å². The van der Waals surface area contributed by atoms with Crippen molar-refractivity contribution in [2.24, 2.45) is 0 Å². The Labute approximate surface area is 133 Å². The summed E-state index contributed by atoms with van der Waals surface area (Å²) in [5.41, 5.74) is 1.71. The number of nitrogens with zero attached hydrogens (tertiary/aromatic N) is 2. The summed E-state index contributed by atoms with van der Waals surface area (Å²) in [5.74, 6) is 0.883. The molecule has 1 saturated heterocycles. The van der Waals surface area contributed by atoms with Gasteiger partial charge >= 0.3 is 0 Å². The molecule has 2 heterocycles. The summed E-state index contributed by atoms with van der Waals surface area (Å²) in [4.78, 5) is 4.28. The number of hydrogen-bond donors (Lipinski definition) is 1. The van der Waals surface area contributed by atoms with Crippen LogP contribution in [0.1, 0.15) is 11.5 Å². The van der Waals surface area contributed by atoms with Crippen molar-refractivity contribution in [3.63, 3.8) is 0 Å². The highest BCUT2D eigenvalue weighted by Crippen LogP contribution is 2.23. The number of nitrogens with one attached hydrogen (secondary N) is 1. The molecule has 3 rings (SSSR count). The molecule has 0 saturated carbocycles. The van der Waals surface area contributed by atoms with Crippen LogP contribution in [-0.4, -0.2) is 42.7 Å². The van der Waals surface area contributed by atoms with E-state index >= 15 is 0 Å². The van der Waals surface area contributed by atoms with Gasteiger partial charge in [0.15, 0.2) is 9.84 Å². The van der Waals surface area contributed by atoms with E-state index in [0.29, 0.717) is 29.8 Å². The van der Waals surface area contributed by atoms with Crippen molar-refractivity contribution in [2.75, 3.05) is 18.8 Å². The highest BCUT2D eigenvalue weighted by Gasteiger charge is 2.30. The van der Waals surface area contributed by atoms with E-state index in [-0.39, 0.29) is 12.2 Å². The normalized spacial score (nSPS) is 20.9. The van der Waals surface area contributed by atoms with Gasteiger partial charge in [-0.3, -0.25) is 0 Å². The zero-order chi connectivity index (χ0) is 15.7. The topological polar surface area (TPSA) is 85.1 Å². The Morgan fingerprint density at radius 1 is 1.45 bits per heavy atom. The van der Waals surface area contributed by atoms with Gasteiger partial charge in [-0.1, -0.05) is 28.9 Å². The number of halogens is 1. The lowest BCUT2D eigenvalue weighted by Crippen LogP contribution is -2.45. The van der Waals surface area contributed by atoms with Gasteiger partial charge in [-0.15, -0.1) is 0 Å². The Balaban J connectivity index is 1.80. The molecule has 118 valence electrons. The molecule has 1 atom stereocenters. The fourth-order valence-electron chi connectivity index (χ4n) is 2.35. The molecule has 1 aromatic carbocycles. The third kappa shape index (κ3) is 3.16. The second-order valence-electron chi connectivity index (χ2n) is 5.37. The third-order valence-electron chi connectivity index (χ3n) is 3.74. The molecule has 22 heavy (non-hydrogen) atoms. The largest absolute Gasteiger partial charge is 0.339 e. The highest BCUT2D eigenvalue weighted by molar-refractivity contribution is 7.92. The summed E-state index contributed by atoms with van der Waals surface area (Å²) in [6, 6.07) is 5.50. The van der Waals surface area contributed by atoms with Gasteiger partial charge in [0.2, 0.25) is 11.7 Å². The number of benzene rings is 1. The maximum absolute atomic E-state index is 12.0. The maximum Gasteiger partial charge on any atom is 0.228 e. The van der Waals surface area contributed by atoms with Crippen molar-refractivity contribution < 1.29 is 12.9 Å². The zero-order valence-electron chi connectivity index (χ0n) is 12.0. The second kappa shape index (κ2) is 5.98. The molecule has 1 aliphatic rings. The number of hydrogen-bond acceptors (Lipinski definition) is 6. The first-order valence-electron chi connectivity index (χ1n) is 6.97. The molecule has 0 radical (unpaired) electrons. The Morgan fingerprint density at radius 2 is 2.27 bits per heavy atom. The fourth-order valence-corrected chi connectivity index (χ4v) is 4.06. The molecule has 0 aliphatic carbocycles. The highest BCUT2D eigenvalue weighted by atomic mass is 35.5. The van der Waals surface area contributed by atoms with Gasteiger partial charge in [-0.25, -0.2) is 8.42 Å². The quantitative estimate of drug-likeness (QED) is 0.913. The van der Waals surface area contributed by atoms with Gasteiger partial charge in [0.25, 0.3) is 0 Å². The monoisotopic (exact) mass is 341 g/mol. The third-order valence-corrected chi connectivity index (χ3v) is 6.27. The van der Waals surface area contributed by atoms with Crippen molar-refractivity contribution >= 4 is 21.4 Å². The number of rotatable bonds is 3. The van der Waals surface area contributed by atoms with Crippen molar-refractivity contribution in [2.45, 2.75) is 18.6 Å². The van der Waals surface area contributed by atoms with Crippen LogP contribution in [0.2, 0.25) is 5.02 Å². The van der Waals surface area contributed by atoms with Gasteiger partial charge in [-0.2, -0.15) is 4.98 Å². The van der Waals surface area contributed by atoms with E-state index in [0.717, 1.165) is 11.1 Å². The standard InChI is InChI=1S/C14H16ClN3O3S/c1-9-2-3-10(6-12(9)15)14-17-13(21-18-14)7-11-8-16-4-5-22(11,19)20/h2-3,6,11,16H,4-5,7-8H2,1H3. The van der Waals surface area contributed by atoms with Crippen LogP contribution in [0.25, 0.3) is 11.4 Å². The lowest BCUT2D eigenvalue weighted by Gasteiger charge is -2.21. The van der Waals surface area contributed by atoms with Crippen LogP contribution in [-0.2, 0) is 16.3 Å². The average Bonchev–Trinajstić information content (AvgIpc) is 2.93. The Bertz CT molecular complexity index is 788. The first-order chi connectivity index (χ1) is 10.5. The van der Waals surface area contributed by atoms with Crippen LogP contribution >= 0.6 is 11.6 Å². The van der Waals surface area contributed by atoms with E-state index < -0.39 is 15.1 Å². The van der Waals surface area contributed by atoms with Crippen LogP contribution in [0, 0.1) is 6.92 Å². The lowest BCUT2D eigenvalue weighted by molar-refractivity contribution is 0.373. The van der Waals surface area contributed by atoms with Gasteiger partial charge in [-0.05, 0) is 18.6 Å². The minimum absolute atomic E-state index is 0.145. The molecule has 0 spiro atoms. The van der Waals surface area contributed by atoms with E-state index in [2.05, 4.69) is 15.5 Å². The first kappa shape index (κ1) is 15.5. The van der Waals surface area contributed by atoms with E-state index in [1.165, 1.54) is 0 Å². The molecule has 0 amide bonds. The number of aryl methyl sites for hydroxylation is 1. The SMILES string of the molecule is Cc1ccc(-c2noc(CC3CNCCS3(=O)=O)n2)cc1Cl. The van der Waals surface area contributed by atoms with Crippen LogP contribution in [0.5, 0.6) is 0 Å². The maximum atomic E-state index is 12.0. The minimum Gasteiger partial charge on any atom is -0.339 e. The van der Waals surface area contributed by atoms with Crippen LogP contribution in [0.3, 0.4) is 0 Å². The molecule has 2 aromatic rings. The molecular formula is C14H16ClN3O3S. The molecule has 0 bridgehead atoms. The summed E-state index contributed by atoms with van der Waals surface area (Å²) in [7, 11) is -3.10. The molecule has 1 aliphatic heterocycles. The van der Waals surface area contributed by atoms with Crippen LogP contribution in [0.15, 0.2) is 22.7 Å². The fraction of sp³-hybridized carbons (Fsp3) is 0.429. The summed E-state index contributed by atoms with van der Waals surface area (Å²) in [6.45, 7) is 2.82. The predicted octanol–water partition coefficient (Wildman–Crippen LogP) is 1.63. The predicted molar refractivity (Wildman–Crippen MR) is 83.6 cm³/mol. The lowest BCUT2D eigenvalue weighted by atomic mass is 10.1. The minimum atomic E-state index is -3.10. The molecule has 1 aromatic heterocycles.